The Balaban J connectivity index is 2.20. The van der Waals surface area contributed by atoms with Crippen molar-refractivity contribution < 1.29 is 18.0 Å². The minimum Gasteiger partial charge on any atom is -0.340 e. The Hall–Kier alpha value is -2.71. The van der Waals surface area contributed by atoms with E-state index in [1.165, 1.54) is 16.4 Å². The van der Waals surface area contributed by atoms with Gasteiger partial charge in [-0.2, -0.15) is 4.31 Å². The van der Waals surface area contributed by atoms with Crippen molar-refractivity contribution in [1.29, 1.82) is 0 Å². The third-order valence-corrected chi connectivity index (χ3v) is 7.34. The highest BCUT2D eigenvalue weighted by Crippen LogP contribution is 2.18. The molecule has 174 valence electrons. The Morgan fingerprint density at radius 1 is 0.969 bits per heavy atom. The van der Waals surface area contributed by atoms with Crippen molar-refractivity contribution in [3.05, 3.63) is 65.7 Å². The fourth-order valence-electron chi connectivity index (χ4n) is 3.42. The molecule has 0 unspecified atom stereocenters. The molecule has 8 heteroatoms. The highest BCUT2D eigenvalue weighted by molar-refractivity contribution is 7.89. The summed E-state index contributed by atoms with van der Waals surface area (Å²) >= 11 is 0. The van der Waals surface area contributed by atoms with Crippen LogP contribution >= 0.6 is 0 Å². The summed E-state index contributed by atoms with van der Waals surface area (Å²) in [7, 11) is -1.99. The molecule has 0 aliphatic heterocycles. The van der Waals surface area contributed by atoms with E-state index >= 15 is 0 Å². The predicted molar refractivity (Wildman–Crippen MR) is 126 cm³/mol. The van der Waals surface area contributed by atoms with Crippen LogP contribution in [0.5, 0.6) is 0 Å². The van der Waals surface area contributed by atoms with Gasteiger partial charge in [-0.1, -0.05) is 64.1 Å². The molecule has 0 saturated carbocycles. The van der Waals surface area contributed by atoms with Crippen molar-refractivity contribution in [3.63, 3.8) is 0 Å². The molecule has 2 rings (SSSR count). The summed E-state index contributed by atoms with van der Waals surface area (Å²) in [5.41, 5.74) is 1.19. The van der Waals surface area contributed by atoms with E-state index in [0.717, 1.165) is 5.56 Å². The third-order valence-electron chi connectivity index (χ3n) is 5.30. The van der Waals surface area contributed by atoms with Crippen LogP contribution in [0.2, 0.25) is 0 Å². The maximum absolute atomic E-state index is 13.1. The quantitative estimate of drug-likeness (QED) is 0.591. The van der Waals surface area contributed by atoms with Crippen LogP contribution in [0.15, 0.2) is 59.5 Å². The molecule has 0 fully saturated rings. The number of benzene rings is 2. The van der Waals surface area contributed by atoms with Crippen LogP contribution in [0.3, 0.4) is 0 Å². The normalized spacial score (nSPS) is 12.6. The Morgan fingerprint density at radius 2 is 1.59 bits per heavy atom. The van der Waals surface area contributed by atoms with Gasteiger partial charge in [-0.25, -0.2) is 8.42 Å². The third kappa shape index (κ3) is 6.17. The lowest BCUT2D eigenvalue weighted by molar-refractivity contribution is -0.133. The molecule has 1 N–H and O–H groups in total. The number of amides is 2. The second-order valence-electron chi connectivity index (χ2n) is 7.99. The zero-order valence-corrected chi connectivity index (χ0v) is 20.2. The first-order chi connectivity index (χ1) is 15.1. The molecule has 0 aliphatic rings. The monoisotopic (exact) mass is 459 g/mol. The van der Waals surface area contributed by atoms with Crippen LogP contribution < -0.4 is 5.32 Å². The van der Waals surface area contributed by atoms with Gasteiger partial charge in [0.25, 0.3) is 5.91 Å². The average molecular weight is 460 g/mol. The molecule has 0 radical (unpaired) electrons. The molecule has 0 aliphatic carbocycles. The molecule has 1 atom stereocenters. The maximum Gasteiger partial charge on any atom is 0.251 e. The van der Waals surface area contributed by atoms with Crippen molar-refractivity contribution in [2.75, 3.05) is 20.1 Å². The molecule has 32 heavy (non-hydrogen) atoms. The van der Waals surface area contributed by atoms with Crippen LogP contribution in [0, 0.1) is 5.92 Å². The van der Waals surface area contributed by atoms with Crippen LogP contribution in [0.25, 0.3) is 0 Å². The molecule has 7 nitrogen and oxygen atoms in total. The van der Waals surface area contributed by atoms with Gasteiger partial charge in [-0.05, 0) is 29.7 Å². The number of likely N-dealkylation sites (N-methyl/N-ethyl adjacent to an activating group) is 1. The summed E-state index contributed by atoms with van der Waals surface area (Å²) in [6.07, 6.45) is 0. The summed E-state index contributed by atoms with van der Waals surface area (Å²) in [5.74, 6) is -0.835. The van der Waals surface area contributed by atoms with Crippen molar-refractivity contribution in [1.82, 2.24) is 14.5 Å². The zero-order chi connectivity index (χ0) is 23.9. The van der Waals surface area contributed by atoms with Gasteiger partial charge in [-0.3, -0.25) is 9.59 Å². The van der Waals surface area contributed by atoms with Crippen molar-refractivity contribution in [3.8, 4) is 0 Å². The van der Waals surface area contributed by atoms with Gasteiger partial charge < -0.3 is 10.2 Å². The molecule has 0 spiro atoms. The summed E-state index contributed by atoms with van der Waals surface area (Å²) in [4.78, 5) is 27.6. The van der Waals surface area contributed by atoms with Gasteiger partial charge in [0.05, 0.1) is 4.90 Å². The molecule has 2 aromatic rings. The van der Waals surface area contributed by atoms with E-state index in [2.05, 4.69) is 5.32 Å². The first-order valence-corrected chi connectivity index (χ1v) is 12.3. The first kappa shape index (κ1) is 25.5. The fourth-order valence-corrected chi connectivity index (χ4v) is 4.93. The van der Waals surface area contributed by atoms with Crippen molar-refractivity contribution in [2.45, 2.75) is 45.2 Å². The van der Waals surface area contributed by atoms with Crippen molar-refractivity contribution in [2.24, 2.45) is 5.92 Å². The van der Waals surface area contributed by atoms with E-state index in [4.69, 9.17) is 0 Å². The summed E-state index contributed by atoms with van der Waals surface area (Å²) < 4.78 is 26.9. The number of nitrogens with zero attached hydrogens (tertiary/aromatic N) is 2. The van der Waals surface area contributed by atoms with Gasteiger partial charge in [0.1, 0.15) is 6.04 Å². The fraction of sp³-hybridized carbons (Fsp3) is 0.417. The van der Waals surface area contributed by atoms with Gasteiger partial charge in [0, 0.05) is 32.2 Å². The Labute approximate surface area is 191 Å². The lowest BCUT2D eigenvalue weighted by atomic mass is 10.0. The Bertz CT molecular complexity index is 1020. The van der Waals surface area contributed by atoms with E-state index in [9.17, 15) is 18.0 Å². The Kier molecular flexibility index (Phi) is 8.98. The van der Waals surface area contributed by atoms with Gasteiger partial charge in [0.15, 0.2) is 0 Å². The number of hydrogen-bond donors (Lipinski definition) is 1. The zero-order valence-electron chi connectivity index (χ0n) is 19.4. The SMILES string of the molecule is CCN(CC)S(=O)(=O)c1cccc(C(=O)N[C@H](C(=O)N(C)Cc2ccccc2)C(C)C)c1. The molecule has 0 aromatic heterocycles. The highest BCUT2D eigenvalue weighted by Gasteiger charge is 2.28. The van der Waals surface area contributed by atoms with Gasteiger partial charge >= 0.3 is 0 Å². The molecule has 0 heterocycles. The molecule has 0 saturated heterocycles. The van der Waals surface area contributed by atoms with E-state index in [1.807, 2.05) is 44.2 Å². The smallest absolute Gasteiger partial charge is 0.251 e. The first-order valence-electron chi connectivity index (χ1n) is 10.8. The predicted octanol–water partition coefficient (Wildman–Crippen LogP) is 3.13. The van der Waals surface area contributed by atoms with Gasteiger partial charge in [-0.15, -0.1) is 0 Å². The maximum atomic E-state index is 13.1. The van der Waals surface area contributed by atoms with Crippen LogP contribution in [0.1, 0.15) is 43.6 Å². The van der Waals surface area contributed by atoms with E-state index in [1.54, 1.807) is 37.9 Å². The largest absolute Gasteiger partial charge is 0.340 e. The lowest BCUT2D eigenvalue weighted by Crippen LogP contribution is -2.50. The average Bonchev–Trinajstić information content (AvgIpc) is 2.78. The van der Waals surface area contributed by atoms with E-state index in [0.29, 0.717) is 19.6 Å². The second-order valence-corrected chi connectivity index (χ2v) is 9.93. The topological polar surface area (TPSA) is 86.8 Å². The minimum absolute atomic E-state index is 0.0578. The second kappa shape index (κ2) is 11.2. The molecule has 2 aromatic carbocycles. The van der Waals surface area contributed by atoms with E-state index in [-0.39, 0.29) is 22.3 Å². The number of carbonyl (C=O) groups is 2. The van der Waals surface area contributed by atoms with Crippen LogP contribution in [-0.4, -0.2) is 55.6 Å². The number of hydrogen-bond acceptors (Lipinski definition) is 4. The highest BCUT2D eigenvalue weighted by atomic mass is 32.2. The molecule has 0 bridgehead atoms. The summed E-state index contributed by atoms with van der Waals surface area (Å²) in [6, 6.07) is 14.8. The van der Waals surface area contributed by atoms with Gasteiger partial charge in [0.2, 0.25) is 15.9 Å². The number of sulfonamides is 1. The molecular formula is C24H33N3O4S. The standard InChI is InChI=1S/C24H33N3O4S/c1-6-27(7-2)32(30,31)21-15-11-14-20(16-21)23(28)25-22(18(3)4)24(29)26(5)17-19-12-9-8-10-13-19/h8-16,18,22H,6-7,17H2,1-5H3,(H,25,28)/t22-/m0/s1. The Morgan fingerprint density at radius 3 is 2.16 bits per heavy atom. The molecular weight excluding hydrogens is 426 g/mol. The summed E-state index contributed by atoms with van der Waals surface area (Å²) in [6.45, 7) is 8.36. The molecule has 2 amide bonds. The van der Waals surface area contributed by atoms with Crippen LogP contribution in [0.4, 0.5) is 0 Å². The van der Waals surface area contributed by atoms with Crippen LogP contribution in [-0.2, 0) is 21.4 Å². The number of rotatable bonds is 10. The number of carbonyl (C=O) groups excluding carboxylic acids is 2. The summed E-state index contributed by atoms with van der Waals surface area (Å²) in [5, 5.41) is 2.80. The minimum atomic E-state index is -3.69. The lowest BCUT2D eigenvalue weighted by Gasteiger charge is -2.27. The van der Waals surface area contributed by atoms with E-state index < -0.39 is 22.0 Å². The number of nitrogens with one attached hydrogen (secondary N) is 1. The van der Waals surface area contributed by atoms with Crippen molar-refractivity contribution >= 4 is 21.8 Å².